The highest BCUT2D eigenvalue weighted by molar-refractivity contribution is 9.11. The normalized spacial score (nSPS) is 13.8. The number of hydrogen-bond acceptors (Lipinski definition) is 2. The summed E-state index contributed by atoms with van der Waals surface area (Å²) in [6.45, 7) is 1.84. The van der Waals surface area contributed by atoms with E-state index < -0.39 is 5.60 Å². The number of benzene rings is 2. The summed E-state index contributed by atoms with van der Waals surface area (Å²) < 4.78 is 7.40. The van der Waals surface area contributed by atoms with E-state index in [4.69, 9.17) is 16.3 Å². The van der Waals surface area contributed by atoms with Gasteiger partial charge in [0.2, 0.25) is 0 Å². The Bertz CT molecular complexity index is 577. The average Bonchev–Trinajstić information content (AvgIpc) is 2.38. The molecule has 0 fully saturated rings. The van der Waals surface area contributed by atoms with Gasteiger partial charge in [-0.1, -0.05) is 29.8 Å². The Hall–Kier alpha value is -0.550. The second-order valence-electron chi connectivity index (χ2n) is 4.62. The zero-order valence-electron chi connectivity index (χ0n) is 10.7. The fourth-order valence-corrected chi connectivity index (χ4v) is 3.08. The molecule has 0 heterocycles. The Kier molecular flexibility index (Phi) is 5.13. The maximum absolute atomic E-state index is 10.5. The third-order valence-electron chi connectivity index (χ3n) is 2.88. The Balaban J connectivity index is 2.15. The molecule has 0 aliphatic heterocycles. The third kappa shape index (κ3) is 3.76. The molecule has 0 aliphatic rings. The molecule has 2 aromatic rings. The highest BCUT2D eigenvalue weighted by atomic mass is 79.9. The lowest BCUT2D eigenvalue weighted by Crippen LogP contribution is -2.29. The highest BCUT2D eigenvalue weighted by Crippen LogP contribution is 2.34. The van der Waals surface area contributed by atoms with Gasteiger partial charge in [-0.05, 0) is 68.6 Å². The number of ether oxygens (including phenoxy) is 1. The summed E-state index contributed by atoms with van der Waals surface area (Å²) >= 11 is 12.7. The van der Waals surface area contributed by atoms with Gasteiger partial charge in [0.05, 0.1) is 8.95 Å². The molecule has 2 nitrogen and oxygen atoms in total. The van der Waals surface area contributed by atoms with Crippen LogP contribution in [0, 0.1) is 0 Å². The first-order chi connectivity index (χ1) is 9.40. The van der Waals surface area contributed by atoms with Crippen molar-refractivity contribution in [3.8, 4) is 5.75 Å². The largest absolute Gasteiger partial charge is 0.488 e. The summed E-state index contributed by atoms with van der Waals surface area (Å²) in [6.07, 6.45) is 0. The first-order valence-electron chi connectivity index (χ1n) is 5.95. The summed E-state index contributed by atoms with van der Waals surface area (Å²) in [5.41, 5.74) is -0.343. The zero-order chi connectivity index (χ0) is 14.8. The molecule has 1 unspecified atom stereocenters. The Morgan fingerprint density at radius 1 is 1.10 bits per heavy atom. The van der Waals surface area contributed by atoms with Gasteiger partial charge < -0.3 is 9.84 Å². The Labute approximate surface area is 140 Å². The first kappa shape index (κ1) is 15.8. The Morgan fingerprint density at radius 2 is 1.65 bits per heavy atom. The molecule has 0 aliphatic carbocycles. The minimum atomic E-state index is -1.10. The molecule has 2 rings (SSSR count). The SMILES string of the molecule is CC(O)(COc1c(Br)cccc1Br)c1ccc(Cl)cc1. The van der Waals surface area contributed by atoms with E-state index in [2.05, 4.69) is 31.9 Å². The highest BCUT2D eigenvalue weighted by Gasteiger charge is 2.25. The van der Waals surface area contributed by atoms with Crippen molar-refractivity contribution in [1.29, 1.82) is 0 Å². The molecule has 20 heavy (non-hydrogen) atoms. The van der Waals surface area contributed by atoms with Crippen LogP contribution in [0.4, 0.5) is 0 Å². The van der Waals surface area contributed by atoms with Gasteiger partial charge in [0.25, 0.3) is 0 Å². The van der Waals surface area contributed by atoms with Crippen LogP contribution >= 0.6 is 43.5 Å². The lowest BCUT2D eigenvalue weighted by atomic mass is 9.97. The third-order valence-corrected chi connectivity index (χ3v) is 4.38. The molecule has 0 saturated carbocycles. The van der Waals surface area contributed by atoms with Crippen molar-refractivity contribution in [3.63, 3.8) is 0 Å². The molecule has 0 radical (unpaired) electrons. The lowest BCUT2D eigenvalue weighted by Gasteiger charge is -2.24. The van der Waals surface area contributed by atoms with E-state index >= 15 is 0 Å². The van der Waals surface area contributed by atoms with Gasteiger partial charge in [-0.25, -0.2) is 0 Å². The van der Waals surface area contributed by atoms with Crippen LogP contribution in [0.5, 0.6) is 5.75 Å². The molecule has 0 amide bonds. The minimum Gasteiger partial charge on any atom is -0.488 e. The van der Waals surface area contributed by atoms with Gasteiger partial charge in [-0.3, -0.25) is 0 Å². The Morgan fingerprint density at radius 3 is 2.20 bits per heavy atom. The van der Waals surface area contributed by atoms with E-state index in [9.17, 15) is 5.11 Å². The van der Waals surface area contributed by atoms with Crippen LogP contribution in [0.2, 0.25) is 5.02 Å². The monoisotopic (exact) mass is 418 g/mol. The van der Waals surface area contributed by atoms with Crippen molar-refractivity contribution in [2.24, 2.45) is 0 Å². The van der Waals surface area contributed by atoms with Gasteiger partial charge in [0, 0.05) is 5.02 Å². The maximum Gasteiger partial charge on any atom is 0.147 e. The molecule has 1 atom stereocenters. The van der Waals surface area contributed by atoms with Crippen LogP contribution in [-0.2, 0) is 5.60 Å². The summed E-state index contributed by atoms with van der Waals surface area (Å²) in [5, 5.41) is 11.2. The van der Waals surface area contributed by atoms with Crippen LogP contribution in [0.25, 0.3) is 0 Å². The summed E-state index contributed by atoms with van der Waals surface area (Å²) in [5.74, 6) is 0.668. The maximum atomic E-state index is 10.5. The molecule has 0 saturated heterocycles. The smallest absolute Gasteiger partial charge is 0.147 e. The molecule has 2 aromatic carbocycles. The van der Waals surface area contributed by atoms with Gasteiger partial charge in [-0.2, -0.15) is 0 Å². The van der Waals surface area contributed by atoms with Crippen LogP contribution in [0.3, 0.4) is 0 Å². The second kappa shape index (κ2) is 6.48. The first-order valence-corrected chi connectivity index (χ1v) is 7.92. The topological polar surface area (TPSA) is 29.5 Å². The fourth-order valence-electron chi connectivity index (χ4n) is 1.73. The van der Waals surface area contributed by atoms with Crippen LogP contribution in [-0.4, -0.2) is 11.7 Å². The van der Waals surface area contributed by atoms with E-state index in [1.807, 2.05) is 18.2 Å². The van der Waals surface area contributed by atoms with Crippen LogP contribution in [0.15, 0.2) is 51.4 Å². The van der Waals surface area contributed by atoms with Crippen molar-refractivity contribution in [2.75, 3.05) is 6.61 Å². The second-order valence-corrected chi connectivity index (χ2v) is 6.77. The molecule has 0 bridgehead atoms. The van der Waals surface area contributed by atoms with Gasteiger partial charge in [0.15, 0.2) is 0 Å². The zero-order valence-corrected chi connectivity index (χ0v) is 14.7. The van der Waals surface area contributed by atoms with E-state index in [0.717, 1.165) is 14.5 Å². The summed E-state index contributed by atoms with van der Waals surface area (Å²) in [4.78, 5) is 0. The number of rotatable bonds is 4. The van der Waals surface area contributed by atoms with E-state index in [1.165, 1.54) is 0 Å². The molecule has 0 spiro atoms. The number of aliphatic hydroxyl groups is 1. The van der Waals surface area contributed by atoms with E-state index in [1.54, 1.807) is 31.2 Å². The lowest BCUT2D eigenvalue weighted by molar-refractivity contribution is 0.00711. The molecule has 106 valence electrons. The van der Waals surface area contributed by atoms with Gasteiger partial charge in [0.1, 0.15) is 18.0 Å². The van der Waals surface area contributed by atoms with Crippen molar-refractivity contribution in [1.82, 2.24) is 0 Å². The number of para-hydroxylation sites is 1. The molecule has 1 N–H and O–H groups in total. The predicted octanol–water partition coefficient (Wildman–Crippen LogP) is 5.15. The number of hydrogen-bond donors (Lipinski definition) is 1. The standard InChI is InChI=1S/C15H13Br2ClO2/c1-15(19,10-5-7-11(18)8-6-10)9-20-14-12(16)3-2-4-13(14)17/h2-8,19H,9H2,1H3. The van der Waals surface area contributed by atoms with Gasteiger partial charge in [-0.15, -0.1) is 0 Å². The number of halogens is 3. The van der Waals surface area contributed by atoms with Crippen LogP contribution < -0.4 is 4.74 Å². The average molecular weight is 421 g/mol. The van der Waals surface area contributed by atoms with Crippen molar-refractivity contribution < 1.29 is 9.84 Å². The fraction of sp³-hybridized carbons (Fsp3) is 0.200. The molecular weight excluding hydrogens is 407 g/mol. The predicted molar refractivity (Wildman–Crippen MR) is 88.4 cm³/mol. The van der Waals surface area contributed by atoms with Gasteiger partial charge >= 0.3 is 0 Å². The minimum absolute atomic E-state index is 0.135. The van der Waals surface area contributed by atoms with E-state index in [-0.39, 0.29) is 6.61 Å². The van der Waals surface area contributed by atoms with Crippen molar-refractivity contribution in [2.45, 2.75) is 12.5 Å². The quantitative estimate of drug-likeness (QED) is 0.741. The summed E-state index contributed by atoms with van der Waals surface area (Å²) in [6, 6.07) is 12.8. The van der Waals surface area contributed by atoms with Crippen molar-refractivity contribution >= 4 is 43.5 Å². The summed E-state index contributed by atoms with van der Waals surface area (Å²) in [7, 11) is 0. The van der Waals surface area contributed by atoms with E-state index in [0.29, 0.717) is 10.8 Å². The van der Waals surface area contributed by atoms with Crippen molar-refractivity contribution in [3.05, 3.63) is 62.0 Å². The molecule has 5 heteroatoms. The molecule has 0 aromatic heterocycles. The molecular formula is C15H13Br2ClO2. The van der Waals surface area contributed by atoms with Crippen LogP contribution in [0.1, 0.15) is 12.5 Å².